The highest BCUT2D eigenvalue weighted by Crippen LogP contribution is 2.09. The molecule has 0 saturated heterocycles. The molecule has 5 nitrogen and oxygen atoms in total. The molecule has 0 aliphatic carbocycles. The van der Waals surface area contributed by atoms with Crippen molar-refractivity contribution < 1.29 is 9.53 Å². The maximum atomic E-state index is 11.0. The number of aliphatic imine (C=N–C) groups is 1. The van der Waals surface area contributed by atoms with Gasteiger partial charge in [-0.05, 0) is 24.6 Å². The molecule has 20 heavy (non-hydrogen) atoms. The molecule has 0 fully saturated rings. The smallest absolute Gasteiger partial charge is 0.307 e. The van der Waals surface area contributed by atoms with E-state index in [-0.39, 0.29) is 5.97 Å². The highest BCUT2D eigenvalue weighted by molar-refractivity contribution is 6.30. The molecule has 0 saturated carbocycles. The molecule has 0 spiro atoms. The van der Waals surface area contributed by atoms with E-state index >= 15 is 0 Å². The predicted molar refractivity (Wildman–Crippen MR) is 80.9 cm³/mol. The van der Waals surface area contributed by atoms with Crippen molar-refractivity contribution in [1.82, 2.24) is 10.6 Å². The van der Waals surface area contributed by atoms with Crippen LogP contribution in [0.5, 0.6) is 0 Å². The van der Waals surface area contributed by atoms with E-state index < -0.39 is 0 Å². The number of carbonyl (C=O) groups excluding carboxylic acids is 1. The second-order valence-corrected chi connectivity index (χ2v) is 4.51. The Morgan fingerprint density at radius 2 is 2.00 bits per heavy atom. The van der Waals surface area contributed by atoms with Crippen LogP contribution in [0, 0.1) is 0 Å². The maximum Gasteiger partial charge on any atom is 0.307 e. The molecule has 0 radical (unpaired) electrons. The molecule has 0 aliphatic rings. The molecular weight excluding hydrogens is 278 g/mol. The third-order valence-corrected chi connectivity index (χ3v) is 2.78. The van der Waals surface area contributed by atoms with E-state index in [1.807, 2.05) is 31.2 Å². The number of guanidine groups is 1. The number of hydrogen-bond donors (Lipinski definition) is 2. The molecule has 0 heterocycles. The fourth-order valence-electron chi connectivity index (χ4n) is 1.49. The molecule has 2 N–H and O–H groups in total. The van der Waals surface area contributed by atoms with E-state index in [1.165, 1.54) is 7.11 Å². The lowest BCUT2D eigenvalue weighted by atomic mass is 10.2. The van der Waals surface area contributed by atoms with Crippen LogP contribution in [-0.4, -0.2) is 32.1 Å². The summed E-state index contributed by atoms with van der Waals surface area (Å²) in [6.45, 7) is 3.77. The average Bonchev–Trinajstić information content (AvgIpc) is 2.46. The quantitative estimate of drug-likeness (QED) is 0.479. The van der Waals surface area contributed by atoms with Crippen molar-refractivity contribution in [3.05, 3.63) is 34.9 Å². The second-order valence-electron chi connectivity index (χ2n) is 4.07. The monoisotopic (exact) mass is 297 g/mol. The molecule has 0 bridgehead atoms. The van der Waals surface area contributed by atoms with Crippen LogP contribution in [-0.2, 0) is 16.1 Å². The maximum absolute atomic E-state index is 11.0. The molecule has 1 aromatic carbocycles. The van der Waals surface area contributed by atoms with E-state index in [2.05, 4.69) is 20.4 Å². The number of halogens is 1. The van der Waals surface area contributed by atoms with Gasteiger partial charge in [-0.15, -0.1) is 0 Å². The summed E-state index contributed by atoms with van der Waals surface area (Å²) in [5.41, 5.74) is 1.07. The van der Waals surface area contributed by atoms with Crippen molar-refractivity contribution >= 4 is 23.5 Å². The van der Waals surface area contributed by atoms with Gasteiger partial charge in [0.1, 0.15) is 0 Å². The Bertz CT molecular complexity index is 446. The zero-order valence-electron chi connectivity index (χ0n) is 11.8. The Balaban J connectivity index is 2.49. The van der Waals surface area contributed by atoms with Gasteiger partial charge in [0.2, 0.25) is 0 Å². The number of benzene rings is 1. The number of rotatable bonds is 6. The summed E-state index contributed by atoms with van der Waals surface area (Å²) >= 11 is 5.83. The van der Waals surface area contributed by atoms with Crippen molar-refractivity contribution in [2.45, 2.75) is 19.9 Å². The number of nitrogens with zero attached hydrogens (tertiary/aromatic N) is 1. The first-order valence-electron chi connectivity index (χ1n) is 6.49. The highest BCUT2D eigenvalue weighted by Gasteiger charge is 2.01. The number of hydrogen-bond acceptors (Lipinski definition) is 3. The summed E-state index contributed by atoms with van der Waals surface area (Å²) in [6, 6.07) is 7.54. The summed E-state index contributed by atoms with van der Waals surface area (Å²) in [7, 11) is 1.38. The summed E-state index contributed by atoms with van der Waals surface area (Å²) in [5.74, 6) is 0.428. The van der Waals surface area contributed by atoms with Crippen molar-refractivity contribution in [2.75, 3.05) is 20.2 Å². The van der Waals surface area contributed by atoms with Crippen LogP contribution in [0.2, 0.25) is 5.02 Å². The Morgan fingerprint density at radius 3 is 2.60 bits per heavy atom. The zero-order valence-corrected chi connectivity index (χ0v) is 12.5. The molecule has 0 aromatic heterocycles. The number of methoxy groups -OCH3 is 1. The minimum absolute atomic E-state index is 0.244. The van der Waals surface area contributed by atoms with Gasteiger partial charge in [0.15, 0.2) is 5.96 Å². The van der Waals surface area contributed by atoms with Gasteiger partial charge in [0.05, 0.1) is 20.1 Å². The number of esters is 1. The Hall–Kier alpha value is -1.75. The first kappa shape index (κ1) is 16.3. The first-order valence-corrected chi connectivity index (χ1v) is 6.87. The highest BCUT2D eigenvalue weighted by atomic mass is 35.5. The fourth-order valence-corrected chi connectivity index (χ4v) is 1.61. The second kappa shape index (κ2) is 9.20. The van der Waals surface area contributed by atoms with Crippen LogP contribution in [0.3, 0.4) is 0 Å². The molecule has 0 aliphatic heterocycles. The molecule has 1 aromatic rings. The van der Waals surface area contributed by atoms with Gasteiger partial charge in [-0.25, -0.2) is 4.99 Å². The van der Waals surface area contributed by atoms with Gasteiger partial charge >= 0.3 is 5.97 Å². The Morgan fingerprint density at radius 1 is 1.30 bits per heavy atom. The summed E-state index contributed by atoms with van der Waals surface area (Å²) in [6.07, 6.45) is 0.307. The largest absolute Gasteiger partial charge is 0.469 e. The lowest BCUT2D eigenvalue weighted by Crippen LogP contribution is -2.38. The van der Waals surface area contributed by atoms with Gasteiger partial charge in [0.25, 0.3) is 0 Å². The lowest BCUT2D eigenvalue weighted by Gasteiger charge is -2.10. The molecule has 0 atom stereocenters. The normalized spacial score (nSPS) is 11.1. The minimum Gasteiger partial charge on any atom is -0.469 e. The summed E-state index contributed by atoms with van der Waals surface area (Å²) in [5, 5.41) is 6.91. The third-order valence-electron chi connectivity index (χ3n) is 2.53. The van der Waals surface area contributed by atoms with Crippen molar-refractivity contribution in [3.8, 4) is 0 Å². The van der Waals surface area contributed by atoms with Crippen molar-refractivity contribution in [3.63, 3.8) is 0 Å². The van der Waals surface area contributed by atoms with Crippen LogP contribution in [0.4, 0.5) is 0 Å². The van der Waals surface area contributed by atoms with Gasteiger partial charge in [-0.1, -0.05) is 23.7 Å². The van der Waals surface area contributed by atoms with Gasteiger partial charge in [-0.2, -0.15) is 0 Å². The molecule has 110 valence electrons. The third kappa shape index (κ3) is 6.43. The van der Waals surface area contributed by atoms with E-state index in [0.717, 1.165) is 12.1 Å². The summed E-state index contributed by atoms with van der Waals surface area (Å²) < 4.78 is 4.58. The molecule has 1 rings (SSSR count). The van der Waals surface area contributed by atoms with E-state index in [9.17, 15) is 4.79 Å². The number of ether oxygens (including phenoxy) is 1. The fraction of sp³-hybridized carbons (Fsp3) is 0.429. The lowest BCUT2D eigenvalue weighted by molar-refractivity contribution is -0.140. The zero-order chi connectivity index (χ0) is 14.8. The standard InChI is InChI=1S/C14H20ClN3O2/c1-3-16-14(17-9-8-13(19)20-2)18-10-11-4-6-12(15)7-5-11/h4-7H,3,8-10H2,1-2H3,(H2,16,17,18). The van der Waals surface area contributed by atoms with Crippen molar-refractivity contribution in [1.29, 1.82) is 0 Å². The van der Waals surface area contributed by atoms with Gasteiger partial charge in [0, 0.05) is 18.1 Å². The minimum atomic E-state index is -0.244. The summed E-state index contributed by atoms with van der Waals surface area (Å²) in [4.78, 5) is 15.5. The average molecular weight is 298 g/mol. The van der Waals surface area contributed by atoms with E-state index in [4.69, 9.17) is 11.6 Å². The van der Waals surface area contributed by atoms with Gasteiger partial charge in [-0.3, -0.25) is 4.79 Å². The van der Waals surface area contributed by atoms with Crippen LogP contribution in [0.1, 0.15) is 18.9 Å². The van der Waals surface area contributed by atoms with E-state index in [1.54, 1.807) is 0 Å². The number of carbonyl (C=O) groups is 1. The molecular formula is C14H20ClN3O2. The van der Waals surface area contributed by atoms with Crippen molar-refractivity contribution in [2.24, 2.45) is 4.99 Å². The van der Waals surface area contributed by atoms with Gasteiger partial charge < -0.3 is 15.4 Å². The van der Waals surface area contributed by atoms with Crippen LogP contribution in [0.25, 0.3) is 0 Å². The SMILES string of the molecule is CCNC(=NCc1ccc(Cl)cc1)NCCC(=O)OC. The Labute approximate surface area is 124 Å². The molecule has 0 amide bonds. The molecule has 6 heteroatoms. The first-order chi connectivity index (χ1) is 9.65. The van der Waals surface area contributed by atoms with Crippen LogP contribution in [0.15, 0.2) is 29.3 Å². The van der Waals surface area contributed by atoms with E-state index in [0.29, 0.717) is 30.5 Å². The van der Waals surface area contributed by atoms with Crippen LogP contribution < -0.4 is 10.6 Å². The molecule has 0 unspecified atom stereocenters. The van der Waals surface area contributed by atoms with Crippen LogP contribution >= 0.6 is 11.6 Å². The topological polar surface area (TPSA) is 62.7 Å². The Kier molecular flexibility index (Phi) is 7.50. The number of nitrogens with one attached hydrogen (secondary N) is 2. The predicted octanol–water partition coefficient (Wildman–Crippen LogP) is 1.96.